The lowest BCUT2D eigenvalue weighted by Crippen LogP contribution is -2.36. The molecule has 1 heterocycles. The fourth-order valence-electron chi connectivity index (χ4n) is 2.71. The van der Waals surface area contributed by atoms with E-state index in [2.05, 4.69) is 34.9 Å². The van der Waals surface area contributed by atoms with Crippen molar-refractivity contribution in [2.24, 2.45) is 0 Å². The molecule has 1 N–H and O–H groups in total. The van der Waals surface area contributed by atoms with Gasteiger partial charge >= 0.3 is 0 Å². The van der Waals surface area contributed by atoms with Gasteiger partial charge < -0.3 is 9.84 Å². The molecule has 0 bridgehead atoms. The van der Waals surface area contributed by atoms with Crippen molar-refractivity contribution in [2.75, 3.05) is 7.11 Å². The number of aliphatic hydroxyl groups is 1. The Balaban J connectivity index is 2.28. The van der Waals surface area contributed by atoms with E-state index in [1.165, 1.54) is 0 Å². The monoisotopic (exact) mass is 316 g/mol. The highest BCUT2D eigenvalue weighted by atomic mass is 79.9. The number of rotatable bonds is 3. The summed E-state index contributed by atoms with van der Waals surface area (Å²) in [5.41, 5.74) is 0.126. The van der Waals surface area contributed by atoms with Gasteiger partial charge in [-0.3, -0.25) is 4.68 Å². The molecule has 0 radical (unpaired) electrons. The van der Waals surface area contributed by atoms with Crippen LogP contribution in [-0.2, 0) is 10.3 Å². The van der Waals surface area contributed by atoms with E-state index in [0.717, 1.165) is 35.8 Å². The summed E-state index contributed by atoms with van der Waals surface area (Å²) < 4.78 is 8.18. The molecule has 0 spiro atoms. The summed E-state index contributed by atoms with van der Waals surface area (Å²) in [7, 11) is 1.74. The van der Waals surface area contributed by atoms with Crippen LogP contribution in [0.1, 0.15) is 51.3 Å². The van der Waals surface area contributed by atoms with Gasteiger partial charge in [0, 0.05) is 13.2 Å². The van der Waals surface area contributed by atoms with Gasteiger partial charge in [-0.15, -0.1) is 0 Å². The van der Waals surface area contributed by atoms with E-state index >= 15 is 0 Å². The number of nitrogens with zero attached hydrogens (tertiary/aromatic N) is 2. The van der Waals surface area contributed by atoms with Gasteiger partial charge in [-0.05, 0) is 55.5 Å². The number of hydrogen-bond acceptors (Lipinski definition) is 3. The minimum absolute atomic E-state index is 0.246. The second kappa shape index (κ2) is 5.31. The van der Waals surface area contributed by atoms with Crippen molar-refractivity contribution in [1.82, 2.24) is 9.78 Å². The molecule has 0 saturated heterocycles. The lowest BCUT2D eigenvalue weighted by Gasteiger charge is -2.36. The molecule has 1 aromatic heterocycles. The van der Waals surface area contributed by atoms with Gasteiger partial charge in [-0.1, -0.05) is 0 Å². The lowest BCUT2D eigenvalue weighted by molar-refractivity contribution is -0.0536. The summed E-state index contributed by atoms with van der Waals surface area (Å²) >= 11 is 3.51. The molecule has 1 aliphatic rings. The molecule has 5 heteroatoms. The van der Waals surface area contributed by atoms with Crippen LogP contribution >= 0.6 is 15.9 Å². The zero-order valence-electron chi connectivity index (χ0n) is 11.2. The van der Waals surface area contributed by atoms with E-state index < -0.39 is 5.60 Å². The minimum Gasteiger partial charge on any atom is -0.384 e. The largest absolute Gasteiger partial charge is 0.384 e. The van der Waals surface area contributed by atoms with Crippen LogP contribution in [0.5, 0.6) is 0 Å². The number of methoxy groups -OCH3 is 1. The lowest BCUT2D eigenvalue weighted by atomic mass is 9.81. The molecule has 2 rings (SSSR count). The number of aromatic nitrogens is 2. The van der Waals surface area contributed by atoms with Crippen LogP contribution in [0, 0.1) is 0 Å². The van der Waals surface area contributed by atoms with Gasteiger partial charge in [0.2, 0.25) is 0 Å². The fourth-order valence-corrected chi connectivity index (χ4v) is 3.35. The highest BCUT2D eigenvalue weighted by Crippen LogP contribution is 2.41. The van der Waals surface area contributed by atoms with E-state index in [1.807, 2.05) is 4.68 Å². The molecule has 1 aromatic rings. The number of ether oxygens (including phenoxy) is 1. The van der Waals surface area contributed by atoms with Crippen molar-refractivity contribution < 1.29 is 9.84 Å². The third-order valence-corrected chi connectivity index (χ3v) is 4.35. The Hall–Kier alpha value is -0.390. The molecule has 18 heavy (non-hydrogen) atoms. The van der Waals surface area contributed by atoms with Gasteiger partial charge in [0.25, 0.3) is 0 Å². The van der Waals surface area contributed by atoms with Crippen LogP contribution in [-0.4, -0.2) is 28.1 Å². The van der Waals surface area contributed by atoms with Crippen LogP contribution in [0.4, 0.5) is 0 Å². The van der Waals surface area contributed by atoms with Gasteiger partial charge in [-0.2, -0.15) is 5.10 Å². The molecule has 0 unspecified atom stereocenters. The predicted molar refractivity (Wildman–Crippen MR) is 73.5 cm³/mol. The van der Waals surface area contributed by atoms with Crippen molar-refractivity contribution in [3.05, 3.63) is 16.4 Å². The fraction of sp³-hybridized carbons (Fsp3) is 0.769. The number of hydrogen-bond donors (Lipinski definition) is 1. The molecule has 0 amide bonds. The second-order valence-corrected chi connectivity index (χ2v) is 6.20. The second-order valence-electron chi connectivity index (χ2n) is 5.35. The average Bonchev–Trinajstić information content (AvgIpc) is 2.73. The maximum Gasteiger partial charge on any atom is 0.108 e. The van der Waals surface area contributed by atoms with Crippen LogP contribution in [0.25, 0.3) is 0 Å². The first-order chi connectivity index (χ1) is 8.48. The van der Waals surface area contributed by atoms with Crippen LogP contribution in [0.2, 0.25) is 0 Å². The zero-order valence-corrected chi connectivity index (χ0v) is 12.8. The van der Waals surface area contributed by atoms with Gasteiger partial charge in [0.1, 0.15) is 5.60 Å². The summed E-state index contributed by atoms with van der Waals surface area (Å²) in [6, 6.07) is 0.246. The Morgan fingerprint density at radius 3 is 2.61 bits per heavy atom. The summed E-state index contributed by atoms with van der Waals surface area (Å²) in [5.74, 6) is 0. The number of halogens is 1. The first kappa shape index (κ1) is 14.0. The summed E-state index contributed by atoms with van der Waals surface area (Å²) in [4.78, 5) is 0. The molecule has 0 aromatic carbocycles. The molecular formula is C13H21BrN2O2. The Morgan fingerprint density at radius 1 is 1.50 bits per heavy atom. The van der Waals surface area contributed by atoms with Gasteiger partial charge in [0.15, 0.2) is 0 Å². The highest BCUT2D eigenvalue weighted by Gasteiger charge is 2.39. The van der Waals surface area contributed by atoms with Gasteiger partial charge in [0.05, 0.1) is 22.5 Å². The van der Waals surface area contributed by atoms with Crippen molar-refractivity contribution in [2.45, 2.75) is 57.3 Å². The zero-order chi connectivity index (χ0) is 13.3. The van der Waals surface area contributed by atoms with E-state index in [-0.39, 0.29) is 12.1 Å². The minimum atomic E-state index is -0.783. The van der Waals surface area contributed by atoms with E-state index in [1.54, 1.807) is 13.3 Å². The third-order valence-electron chi connectivity index (χ3n) is 3.77. The van der Waals surface area contributed by atoms with Crippen molar-refractivity contribution in [3.8, 4) is 0 Å². The quantitative estimate of drug-likeness (QED) is 0.932. The Bertz CT molecular complexity index is 409. The van der Waals surface area contributed by atoms with Crippen molar-refractivity contribution in [3.63, 3.8) is 0 Å². The molecule has 102 valence electrons. The van der Waals surface area contributed by atoms with Crippen LogP contribution in [0.3, 0.4) is 0 Å². The summed E-state index contributed by atoms with van der Waals surface area (Å²) in [6.45, 7) is 4.15. The van der Waals surface area contributed by atoms with E-state index in [4.69, 9.17) is 4.74 Å². The average molecular weight is 317 g/mol. The Labute approximate surface area is 116 Å². The molecule has 1 fully saturated rings. The van der Waals surface area contributed by atoms with Crippen molar-refractivity contribution in [1.29, 1.82) is 0 Å². The third kappa shape index (κ3) is 2.49. The molecular weight excluding hydrogens is 296 g/mol. The molecule has 4 nitrogen and oxygen atoms in total. The topological polar surface area (TPSA) is 47.3 Å². The highest BCUT2D eigenvalue weighted by molar-refractivity contribution is 9.10. The standard InChI is InChI=1S/C13H21BrN2O2/c1-9(2)16-12(11(14)8-15-16)13(17)6-4-10(18-3)5-7-13/h8-10,17H,4-7H2,1-3H3. The molecule has 0 atom stereocenters. The molecule has 1 aliphatic carbocycles. The predicted octanol–water partition coefficient (Wildman–Crippen LogP) is 3.00. The Morgan fingerprint density at radius 2 is 2.11 bits per heavy atom. The van der Waals surface area contributed by atoms with Gasteiger partial charge in [-0.25, -0.2) is 0 Å². The maximum atomic E-state index is 10.9. The summed E-state index contributed by atoms with van der Waals surface area (Å²) in [5, 5.41) is 15.3. The van der Waals surface area contributed by atoms with Crippen LogP contribution < -0.4 is 0 Å². The normalized spacial score (nSPS) is 28.9. The van der Waals surface area contributed by atoms with Crippen LogP contribution in [0.15, 0.2) is 10.7 Å². The maximum absolute atomic E-state index is 10.9. The first-order valence-corrected chi connectivity index (χ1v) is 7.26. The first-order valence-electron chi connectivity index (χ1n) is 6.46. The van der Waals surface area contributed by atoms with Crippen molar-refractivity contribution >= 4 is 15.9 Å². The smallest absolute Gasteiger partial charge is 0.108 e. The molecule has 0 aliphatic heterocycles. The van der Waals surface area contributed by atoms with E-state index in [0.29, 0.717) is 0 Å². The van der Waals surface area contributed by atoms with E-state index in [9.17, 15) is 5.11 Å². The molecule has 1 saturated carbocycles. The SMILES string of the molecule is COC1CCC(O)(c2c(Br)cnn2C(C)C)CC1. The Kier molecular flexibility index (Phi) is 4.14. The summed E-state index contributed by atoms with van der Waals surface area (Å²) in [6.07, 6.45) is 5.28.